The number of rotatable bonds is 5. The van der Waals surface area contributed by atoms with Crippen molar-refractivity contribution in [2.24, 2.45) is 0 Å². The van der Waals surface area contributed by atoms with Crippen LogP contribution in [0.2, 0.25) is 0 Å². The van der Waals surface area contributed by atoms with Gasteiger partial charge < -0.3 is 10.2 Å². The summed E-state index contributed by atoms with van der Waals surface area (Å²) in [5, 5.41) is 18.5. The summed E-state index contributed by atoms with van der Waals surface area (Å²) in [6.07, 6.45) is 0.408. The normalized spacial score (nSPS) is 27.6. The van der Waals surface area contributed by atoms with Crippen LogP contribution in [0.15, 0.2) is 0 Å². The van der Waals surface area contributed by atoms with Gasteiger partial charge in [0.1, 0.15) is 0 Å². The largest absolute Gasteiger partial charge is 0.395 e. The lowest BCUT2D eigenvalue weighted by molar-refractivity contribution is -0.0152. The lowest BCUT2D eigenvalue weighted by Gasteiger charge is -2.37. The zero-order valence-electron chi connectivity index (χ0n) is 8.78. The predicted molar refractivity (Wildman–Crippen MR) is 52.9 cm³/mol. The van der Waals surface area contributed by atoms with Gasteiger partial charge in [-0.3, -0.25) is 4.90 Å². The highest BCUT2D eigenvalue weighted by Gasteiger charge is 2.29. The topological polar surface area (TPSA) is 43.7 Å². The highest BCUT2D eigenvalue weighted by atomic mass is 19.3. The Balaban J connectivity index is 2.51. The van der Waals surface area contributed by atoms with Crippen LogP contribution in [0.25, 0.3) is 0 Å². The van der Waals surface area contributed by atoms with Gasteiger partial charge in [0.05, 0.1) is 19.3 Å². The third-order valence-electron chi connectivity index (χ3n) is 2.92. The second-order valence-electron chi connectivity index (χ2n) is 4.03. The van der Waals surface area contributed by atoms with Crippen LogP contribution in [-0.4, -0.2) is 53.4 Å². The molecule has 15 heavy (non-hydrogen) atoms. The number of nitrogens with zero attached hydrogens (tertiary/aromatic N) is 1. The van der Waals surface area contributed by atoms with E-state index in [0.29, 0.717) is 6.42 Å². The average Bonchev–Trinajstić information content (AvgIpc) is 2.17. The third kappa shape index (κ3) is 4.01. The van der Waals surface area contributed by atoms with Gasteiger partial charge in [-0.05, 0) is 12.8 Å². The van der Waals surface area contributed by atoms with Crippen molar-refractivity contribution < 1.29 is 19.0 Å². The van der Waals surface area contributed by atoms with Gasteiger partial charge in [0.2, 0.25) is 0 Å². The zero-order chi connectivity index (χ0) is 11.3. The molecule has 0 heterocycles. The van der Waals surface area contributed by atoms with Gasteiger partial charge in [-0.15, -0.1) is 0 Å². The first-order valence-electron chi connectivity index (χ1n) is 5.46. The van der Waals surface area contributed by atoms with Gasteiger partial charge in [0, 0.05) is 12.6 Å². The van der Waals surface area contributed by atoms with E-state index in [-0.39, 0.29) is 25.7 Å². The second kappa shape index (κ2) is 6.35. The van der Waals surface area contributed by atoms with Gasteiger partial charge in [0.25, 0.3) is 6.43 Å². The van der Waals surface area contributed by atoms with E-state index >= 15 is 0 Å². The lowest BCUT2D eigenvalue weighted by atomic mass is 9.91. The van der Waals surface area contributed by atoms with Crippen molar-refractivity contribution in [2.75, 3.05) is 19.7 Å². The Morgan fingerprint density at radius 3 is 2.47 bits per heavy atom. The number of aliphatic hydroxyl groups is 2. The Morgan fingerprint density at radius 1 is 1.27 bits per heavy atom. The fraction of sp³-hybridized carbons (Fsp3) is 1.00. The predicted octanol–water partition coefficient (Wildman–Crippen LogP) is 0.849. The van der Waals surface area contributed by atoms with E-state index < -0.39 is 12.5 Å². The van der Waals surface area contributed by atoms with E-state index in [1.54, 1.807) is 0 Å². The first-order chi connectivity index (χ1) is 7.15. The summed E-state index contributed by atoms with van der Waals surface area (Å²) in [6.45, 7) is -0.287. The van der Waals surface area contributed by atoms with Crippen molar-refractivity contribution in [3.8, 4) is 0 Å². The SMILES string of the molecule is OCCN(CC(F)F)[C@H]1CCCC[C@@H]1O. The van der Waals surface area contributed by atoms with Gasteiger partial charge in [-0.2, -0.15) is 0 Å². The molecule has 0 unspecified atom stereocenters. The van der Waals surface area contributed by atoms with Crippen molar-refractivity contribution in [2.45, 2.75) is 44.3 Å². The minimum Gasteiger partial charge on any atom is -0.395 e. The molecule has 2 N–H and O–H groups in total. The fourth-order valence-corrected chi connectivity index (χ4v) is 2.22. The monoisotopic (exact) mass is 223 g/mol. The highest BCUT2D eigenvalue weighted by molar-refractivity contribution is 4.83. The van der Waals surface area contributed by atoms with Crippen molar-refractivity contribution in [3.05, 3.63) is 0 Å². The van der Waals surface area contributed by atoms with Crippen LogP contribution >= 0.6 is 0 Å². The Hall–Kier alpha value is -0.260. The molecule has 5 heteroatoms. The molecule has 3 nitrogen and oxygen atoms in total. The summed E-state index contributed by atoms with van der Waals surface area (Å²) in [4.78, 5) is 1.51. The molecule has 90 valence electrons. The van der Waals surface area contributed by atoms with E-state index in [2.05, 4.69) is 0 Å². The van der Waals surface area contributed by atoms with Gasteiger partial charge in [-0.25, -0.2) is 8.78 Å². The number of hydrogen-bond donors (Lipinski definition) is 2. The number of aliphatic hydroxyl groups excluding tert-OH is 2. The minimum atomic E-state index is -2.41. The second-order valence-corrected chi connectivity index (χ2v) is 4.03. The third-order valence-corrected chi connectivity index (χ3v) is 2.92. The van der Waals surface area contributed by atoms with Crippen LogP contribution in [0.3, 0.4) is 0 Å². The van der Waals surface area contributed by atoms with Crippen LogP contribution in [0.4, 0.5) is 8.78 Å². The smallest absolute Gasteiger partial charge is 0.251 e. The van der Waals surface area contributed by atoms with Crippen LogP contribution in [0.5, 0.6) is 0 Å². The van der Waals surface area contributed by atoms with Gasteiger partial charge >= 0.3 is 0 Å². The van der Waals surface area contributed by atoms with Crippen LogP contribution in [0, 0.1) is 0 Å². The molecule has 1 aliphatic rings. The maximum atomic E-state index is 12.3. The van der Waals surface area contributed by atoms with E-state index in [1.165, 1.54) is 4.90 Å². The van der Waals surface area contributed by atoms with Crippen molar-refractivity contribution >= 4 is 0 Å². The maximum absolute atomic E-state index is 12.3. The molecule has 1 saturated carbocycles. The molecule has 0 radical (unpaired) electrons. The molecule has 1 rings (SSSR count). The molecular formula is C10H19F2NO2. The summed E-state index contributed by atoms with van der Waals surface area (Å²) < 4.78 is 24.6. The molecule has 0 amide bonds. The summed E-state index contributed by atoms with van der Waals surface area (Å²) in [7, 11) is 0. The molecule has 0 spiro atoms. The Labute approximate surface area is 88.7 Å². The number of halogens is 2. The van der Waals surface area contributed by atoms with Crippen LogP contribution < -0.4 is 0 Å². The molecule has 1 aliphatic carbocycles. The Kier molecular flexibility index (Phi) is 5.42. The van der Waals surface area contributed by atoms with Crippen molar-refractivity contribution in [3.63, 3.8) is 0 Å². The fourth-order valence-electron chi connectivity index (χ4n) is 2.22. The highest BCUT2D eigenvalue weighted by Crippen LogP contribution is 2.23. The molecule has 0 saturated heterocycles. The first-order valence-corrected chi connectivity index (χ1v) is 5.46. The van der Waals surface area contributed by atoms with Gasteiger partial charge in [0.15, 0.2) is 0 Å². The quantitative estimate of drug-likeness (QED) is 0.726. The Morgan fingerprint density at radius 2 is 1.93 bits per heavy atom. The van der Waals surface area contributed by atoms with Crippen LogP contribution in [0.1, 0.15) is 25.7 Å². The number of alkyl halides is 2. The molecule has 1 fully saturated rings. The summed E-state index contributed by atoms with van der Waals surface area (Å²) >= 11 is 0. The zero-order valence-corrected chi connectivity index (χ0v) is 8.78. The van der Waals surface area contributed by atoms with E-state index in [0.717, 1.165) is 19.3 Å². The van der Waals surface area contributed by atoms with E-state index in [1.807, 2.05) is 0 Å². The van der Waals surface area contributed by atoms with Gasteiger partial charge in [-0.1, -0.05) is 12.8 Å². The maximum Gasteiger partial charge on any atom is 0.251 e. The van der Waals surface area contributed by atoms with Crippen molar-refractivity contribution in [1.82, 2.24) is 4.90 Å². The molecule has 0 bridgehead atoms. The number of hydrogen-bond acceptors (Lipinski definition) is 3. The molecule has 0 aromatic carbocycles. The minimum absolute atomic E-state index is 0.143. The Bertz CT molecular complexity index is 181. The molecule has 2 atom stereocenters. The summed E-state index contributed by atoms with van der Waals surface area (Å²) in [6, 6.07) is -0.208. The standard InChI is InChI=1S/C10H19F2NO2/c11-10(12)7-13(5-6-14)8-3-1-2-4-9(8)15/h8-10,14-15H,1-7H2/t8-,9-/m0/s1. The van der Waals surface area contributed by atoms with E-state index in [4.69, 9.17) is 5.11 Å². The van der Waals surface area contributed by atoms with E-state index in [9.17, 15) is 13.9 Å². The molecule has 0 aromatic heterocycles. The molecule has 0 aliphatic heterocycles. The summed E-state index contributed by atoms with van der Waals surface area (Å²) in [5.74, 6) is 0. The van der Waals surface area contributed by atoms with Crippen LogP contribution in [-0.2, 0) is 0 Å². The lowest BCUT2D eigenvalue weighted by Crippen LogP contribution is -2.48. The molecule has 0 aromatic rings. The first kappa shape index (κ1) is 12.8. The average molecular weight is 223 g/mol. The molecular weight excluding hydrogens is 204 g/mol. The summed E-state index contributed by atoms with van der Waals surface area (Å²) in [5.41, 5.74) is 0. The van der Waals surface area contributed by atoms with Crippen molar-refractivity contribution in [1.29, 1.82) is 0 Å².